The maximum atomic E-state index is 12.8. The van der Waals surface area contributed by atoms with Crippen molar-refractivity contribution in [2.45, 2.75) is 46.6 Å². The van der Waals surface area contributed by atoms with Gasteiger partial charge in [-0.3, -0.25) is 0 Å². The van der Waals surface area contributed by atoms with Gasteiger partial charge in [0.1, 0.15) is 0 Å². The molecule has 4 unspecified atom stereocenters. The fourth-order valence-corrected chi connectivity index (χ4v) is 127. The second-order valence-corrected chi connectivity index (χ2v) is 46.0. The molecule has 10 saturated heterocycles. The summed E-state index contributed by atoms with van der Waals surface area (Å²) in [5.74, 6) is 0. The summed E-state index contributed by atoms with van der Waals surface area (Å²) < 4.78 is -0.808. The molecule has 49 heavy (non-hydrogen) atoms. The van der Waals surface area contributed by atoms with Crippen LogP contribution in [0.25, 0.3) is 0 Å². The Balaban J connectivity index is 1.16. The van der Waals surface area contributed by atoms with Crippen molar-refractivity contribution in [2.75, 3.05) is 0 Å². The zero-order chi connectivity index (χ0) is 33.3. The number of nitrogens with zero attached hydrogens (tertiary/aromatic N) is 4. The first kappa shape index (κ1) is 25.8. The van der Waals surface area contributed by atoms with Gasteiger partial charge >= 0.3 is 270 Å². The van der Waals surface area contributed by atoms with Crippen molar-refractivity contribution >= 4 is 59.8 Å². The van der Waals surface area contributed by atoms with E-state index in [9.17, 15) is 40.5 Å². The van der Waals surface area contributed by atoms with Gasteiger partial charge in [-0.25, -0.2) is 0 Å². The van der Waals surface area contributed by atoms with Crippen LogP contribution in [0.3, 0.4) is 0 Å². The Bertz CT molecular complexity index is 2560. The van der Waals surface area contributed by atoms with Crippen LogP contribution in [-0.4, -0.2) is 27.8 Å². The van der Waals surface area contributed by atoms with E-state index in [-0.39, 0.29) is 42.4 Å². The van der Waals surface area contributed by atoms with Gasteiger partial charge in [-0.2, -0.15) is 0 Å². The first-order valence-electron chi connectivity index (χ1n) is 16.2. The summed E-state index contributed by atoms with van der Waals surface area (Å²) >= 11 is 0. The molecule has 0 aromatic heterocycles. The van der Waals surface area contributed by atoms with E-state index in [0.29, 0.717) is 59.7 Å². The number of para-hydroxylation sites is 4. The maximum absolute atomic E-state index is 12.8. The van der Waals surface area contributed by atoms with Gasteiger partial charge in [0.25, 0.3) is 0 Å². The molecule has 0 amide bonds. The summed E-state index contributed by atoms with van der Waals surface area (Å²) in [6.07, 6.45) is 0. The van der Waals surface area contributed by atoms with Crippen molar-refractivity contribution in [1.29, 1.82) is 0 Å². The molecule has 10 fully saturated rings. The standard InChI is InChI=1S/C29H19N4O8P2.C5H5.Fe/c34-30(35)20-10-1-5-14-24(20)42(25-15-6-2-11-21(25)31(36)37)28-18-9-19-29(28)43(26-16-7-3-12-22(26)32(38)39)27-17-8-4-13-23(27)33(40)41;1-2-4-5-3-1;/h1-19H;1-5H;. The SMILES string of the molecule is O=[N+]([O-])c1ccccc1P(c1ccccc1[N+](=O)[O-])[C]12[CH]3[CH]4[CH]5[C]1(P(c1ccccc1[N+](=O)[O-])c1ccccc1[N+](=O)[O-])[Fe]43521678[CH]2[CH]1[CH]6[CH]7[CH]28. The summed E-state index contributed by atoms with van der Waals surface area (Å²) in [4.78, 5) is 54.0. The van der Waals surface area contributed by atoms with E-state index in [0.717, 1.165) is 0 Å². The molecule has 10 aliphatic heterocycles. The number of hydrogen-bond donors (Lipinski definition) is 0. The summed E-state index contributed by atoms with van der Waals surface area (Å²) in [5, 5.41) is 53.5. The molecule has 14 rings (SSSR count). The van der Waals surface area contributed by atoms with Crippen LogP contribution in [0, 0.1) is 40.5 Å². The van der Waals surface area contributed by atoms with E-state index in [1.807, 2.05) is 0 Å². The Morgan fingerprint density at radius 2 is 0.673 bits per heavy atom. The van der Waals surface area contributed by atoms with Crippen molar-refractivity contribution in [2.24, 2.45) is 0 Å². The molecule has 1 spiro atoms. The van der Waals surface area contributed by atoms with E-state index < -0.39 is 30.5 Å². The molecular formula is C34H24FeN4O8P2. The van der Waals surface area contributed by atoms with Crippen molar-refractivity contribution in [3.05, 3.63) is 138 Å². The minimum atomic E-state index is -5.05. The van der Waals surface area contributed by atoms with Crippen LogP contribution < -0.4 is 21.2 Å². The second-order valence-electron chi connectivity index (χ2n) is 17.3. The molecule has 246 valence electrons. The summed E-state index contributed by atoms with van der Waals surface area (Å²) in [7, 11) is -3.39. The Hall–Kier alpha value is -4.14. The quantitative estimate of drug-likeness (QED) is 0.0719. The minimum absolute atomic E-state index is 0.0430. The monoisotopic (exact) mass is 734 g/mol. The number of nitro benzene ring substituents is 4. The van der Waals surface area contributed by atoms with Gasteiger partial charge in [0.15, 0.2) is 0 Å². The fourth-order valence-electron chi connectivity index (χ4n) is 21.8. The molecule has 0 aliphatic carbocycles. The number of fused-ring (bicyclic) bond motifs is 10. The van der Waals surface area contributed by atoms with Crippen LogP contribution in [0.2, 0.25) is 38.5 Å². The Kier molecular flexibility index (Phi) is 2.33. The molecule has 10 heterocycles. The normalized spacial score (nSPS) is 50.2. The van der Waals surface area contributed by atoms with Crippen LogP contribution in [0.4, 0.5) is 22.7 Å². The van der Waals surface area contributed by atoms with Crippen molar-refractivity contribution < 1.29 is 26.2 Å². The van der Waals surface area contributed by atoms with Gasteiger partial charge < -0.3 is 0 Å². The van der Waals surface area contributed by atoms with E-state index in [4.69, 9.17) is 0 Å². The van der Waals surface area contributed by atoms with E-state index >= 15 is 0 Å². The second kappa shape index (κ2) is 4.43. The predicted molar refractivity (Wildman–Crippen MR) is 180 cm³/mol. The molecule has 10 aliphatic rings. The van der Waals surface area contributed by atoms with Gasteiger partial charge in [0, 0.05) is 0 Å². The van der Waals surface area contributed by atoms with Crippen LogP contribution in [-0.2, 0) is 6.51 Å². The summed E-state index contributed by atoms with van der Waals surface area (Å²) in [6.45, 7) is -5.05. The average Bonchev–Trinajstić information content (AvgIpc) is 4.05. The van der Waals surface area contributed by atoms with Gasteiger partial charge in [-0.05, 0) is 0 Å². The molecule has 0 N–H and O–H groups in total. The Labute approximate surface area is 269 Å². The van der Waals surface area contributed by atoms with E-state index in [1.54, 1.807) is 72.8 Å². The molecule has 0 bridgehead atoms. The van der Waals surface area contributed by atoms with Gasteiger partial charge in [0.2, 0.25) is 0 Å². The first-order valence-corrected chi connectivity index (χ1v) is 25.0. The molecule has 4 atom stereocenters. The van der Waals surface area contributed by atoms with Gasteiger partial charge in [-0.15, -0.1) is 0 Å². The Morgan fingerprint density at radius 3 is 0.878 bits per heavy atom. The molecule has 4 aromatic rings. The molecule has 0 radical (unpaired) electrons. The van der Waals surface area contributed by atoms with Crippen molar-refractivity contribution in [1.82, 2.24) is 0 Å². The topological polar surface area (TPSA) is 173 Å². The first-order chi connectivity index (χ1) is 23.4. The van der Waals surface area contributed by atoms with E-state index in [1.165, 1.54) is 24.3 Å². The third kappa shape index (κ3) is 0.795. The van der Waals surface area contributed by atoms with Crippen LogP contribution >= 0.6 is 15.8 Å². The van der Waals surface area contributed by atoms with Gasteiger partial charge in [0.05, 0.1) is 0 Å². The number of benzene rings is 4. The van der Waals surface area contributed by atoms with Crippen LogP contribution in [0.15, 0.2) is 97.1 Å². The summed E-state index contributed by atoms with van der Waals surface area (Å²) in [6, 6.07) is 26.9. The Morgan fingerprint density at radius 1 is 0.429 bits per heavy atom. The molecule has 0 saturated carbocycles. The number of rotatable bonds is 10. The zero-order valence-electron chi connectivity index (χ0n) is 25.2. The number of nitro groups is 4. The van der Waals surface area contributed by atoms with E-state index in [2.05, 4.69) is 0 Å². The third-order valence-electron chi connectivity index (χ3n) is 20.6. The predicted octanol–water partition coefficient (Wildman–Crippen LogP) is 7.09. The van der Waals surface area contributed by atoms with Crippen molar-refractivity contribution in [3.8, 4) is 0 Å². The fraction of sp³-hybridized carbons (Fsp3) is 0.294. The molecule has 12 nitrogen and oxygen atoms in total. The zero-order valence-corrected chi connectivity index (χ0v) is 28.1. The molecule has 15 heteroatoms. The molecular weight excluding hydrogens is 710 g/mol. The average molecular weight is 734 g/mol. The number of hydrogen-bond acceptors (Lipinski definition) is 8. The third-order valence-corrected chi connectivity index (χ3v) is 77.7. The van der Waals surface area contributed by atoms with Crippen LogP contribution in [0.5, 0.6) is 0 Å². The molecule has 4 aromatic carbocycles. The summed E-state index contributed by atoms with van der Waals surface area (Å²) in [5.41, 5.74) is -0.172. The van der Waals surface area contributed by atoms with Gasteiger partial charge in [-0.1, -0.05) is 0 Å². The van der Waals surface area contributed by atoms with Crippen LogP contribution in [0.1, 0.15) is 0 Å². The van der Waals surface area contributed by atoms with Crippen molar-refractivity contribution in [3.63, 3.8) is 0 Å².